The van der Waals surface area contributed by atoms with Gasteiger partial charge in [0.2, 0.25) is 10.0 Å². The van der Waals surface area contributed by atoms with Crippen LogP contribution in [0.2, 0.25) is 5.02 Å². The van der Waals surface area contributed by atoms with E-state index in [1.807, 2.05) is 6.92 Å². The van der Waals surface area contributed by atoms with E-state index in [1.165, 1.54) is 6.07 Å². The third-order valence-electron chi connectivity index (χ3n) is 3.52. The normalized spacial score (nSPS) is 22.8. The first-order valence-electron chi connectivity index (χ1n) is 6.77. The Morgan fingerprint density at radius 1 is 1.45 bits per heavy atom. The van der Waals surface area contributed by atoms with Crippen molar-refractivity contribution in [3.05, 3.63) is 23.2 Å². The summed E-state index contributed by atoms with van der Waals surface area (Å²) >= 11 is 5.79. The molecule has 2 unspecified atom stereocenters. The maximum atomic E-state index is 12.4. The number of nitrogens with one attached hydrogen (secondary N) is 2. The van der Waals surface area contributed by atoms with Crippen LogP contribution in [-0.4, -0.2) is 34.2 Å². The molecule has 1 saturated heterocycles. The summed E-state index contributed by atoms with van der Waals surface area (Å²) in [5.41, 5.74) is 0. The largest absolute Gasteiger partial charge is 0.433 e. The predicted octanol–water partition coefficient (Wildman–Crippen LogP) is 2.22. The third-order valence-corrected chi connectivity index (χ3v) is 5.30. The van der Waals surface area contributed by atoms with Crippen molar-refractivity contribution < 1.29 is 21.9 Å². The minimum Gasteiger partial charge on any atom is -0.433 e. The Bertz CT molecular complexity index is 628. The quantitative estimate of drug-likeness (QED) is 0.850. The van der Waals surface area contributed by atoms with E-state index in [0.717, 1.165) is 25.2 Å². The number of hydrogen-bond acceptors (Lipinski definition) is 4. The van der Waals surface area contributed by atoms with Gasteiger partial charge in [-0.25, -0.2) is 13.1 Å². The molecule has 0 aromatic heterocycles. The zero-order chi connectivity index (χ0) is 16.3. The number of alkyl halides is 2. The molecular formula is C13H17ClF2N2O3S. The smallest absolute Gasteiger partial charge is 0.387 e. The van der Waals surface area contributed by atoms with Gasteiger partial charge in [-0.1, -0.05) is 18.5 Å². The Morgan fingerprint density at radius 3 is 2.77 bits per heavy atom. The summed E-state index contributed by atoms with van der Waals surface area (Å²) in [7, 11) is -3.77. The van der Waals surface area contributed by atoms with Gasteiger partial charge in [0.25, 0.3) is 0 Å². The van der Waals surface area contributed by atoms with E-state index in [0.29, 0.717) is 6.42 Å². The van der Waals surface area contributed by atoms with Crippen LogP contribution in [-0.2, 0) is 10.0 Å². The van der Waals surface area contributed by atoms with Gasteiger partial charge in [0.15, 0.2) is 0 Å². The van der Waals surface area contributed by atoms with Crippen LogP contribution in [0, 0.1) is 5.92 Å². The maximum absolute atomic E-state index is 12.4. The van der Waals surface area contributed by atoms with Gasteiger partial charge in [-0.3, -0.25) is 0 Å². The highest BCUT2D eigenvalue weighted by atomic mass is 35.5. The number of sulfonamides is 1. The number of rotatable bonds is 5. The van der Waals surface area contributed by atoms with Gasteiger partial charge in [0.05, 0.1) is 9.92 Å². The van der Waals surface area contributed by atoms with E-state index in [2.05, 4.69) is 14.8 Å². The summed E-state index contributed by atoms with van der Waals surface area (Å²) in [6.45, 7) is 0.397. The van der Waals surface area contributed by atoms with Gasteiger partial charge in [0.1, 0.15) is 5.75 Å². The number of benzene rings is 1. The van der Waals surface area contributed by atoms with E-state index in [-0.39, 0.29) is 27.6 Å². The second kappa shape index (κ2) is 7.08. The van der Waals surface area contributed by atoms with E-state index < -0.39 is 16.6 Å². The summed E-state index contributed by atoms with van der Waals surface area (Å²) < 4.78 is 55.9. The predicted molar refractivity (Wildman–Crippen MR) is 78.8 cm³/mol. The van der Waals surface area contributed by atoms with Crippen molar-refractivity contribution in [3.8, 4) is 5.75 Å². The molecule has 22 heavy (non-hydrogen) atoms. The fourth-order valence-electron chi connectivity index (χ4n) is 2.30. The van der Waals surface area contributed by atoms with Crippen molar-refractivity contribution in [1.29, 1.82) is 0 Å². The molecule has 9 heteroatoms. The van der Waals surface area contributed by atoms with Crippen LogP contribution in [0.1, 0.15) is 13.3 Å². The highest BCUT2D eigenvalue weighted by Crippen LogP contribution is 2.29. The van der Waals surface area contributed by atoms with Gasteiger partial charge in [-0.15, -0.1) is 0 Å². The Kier molecular flexibility index (Phi) is 5.60. The SMILES string of the molecule is CC1CNCCC1NS(=O)(=O)c1ccc(OC(F)F)c(Cl)c1. The first-order valence-corrected chi connectivity index (χ1v) is 8.63. The van der Waals surface area contributed by atoms with Crippen LogP contribution in [0.15, 0.2) is 23.1 Å². The summed E-state index contributed by atoms with van der Waals surface area (Å²) in [6, 6.07) is 3.24. The summed E-state index contributed by atoms with van der Waals surface area (Å²) in [4.78, 5) is -0.0788. The second-order valence-electron chi connectivity index (χ2n) is 5.17. The summed E-state index contributed by atoms with van der Waals surface area (Å²) in [5.74, 6) is -0.105. The molecule has 0 aliphatic carbocycles. The Hall–Kier alpha value is -0.960. The molecule has 0 radical (unpaired) electrons. The molecule has 1 aliphatic heterocycles. The lowest BCUT2D eigenvalue weighted by molar-refractivity contribution is -0.0498. The standard InChI is InChI=1S/C13H17ClF2N2O3S/c1-8-7-17-5-4-11(8)18-22(19,20)9-2-3-12(10(14)6-9)21-13(15)16/h2-3,6,8,11,13,17-18H,4-5,7H2,1H3. The molecule has 2 rings (SSSR count). The molecule has 2 atom stereocenters. The summed E-state index contributed by atoms with van der Waals surface area (Å²) in [6.07, 6.45) is 0.681. The minimum absolute atomic E-state index is 0.0788. The lowest BCUT2D eigenvalue weighted by atomic mass is 9.97. The molecule has 0 saturated carbocycles. The topological polar surface area (TPSA) is 67.4 Å². The van der Waals surface area contributed by atoms with Crippen molar-refractivity contribution in [3.63, 3.8) is 0 Å². The Labute approximate surface area is 133 Å². The van der Waals surface area contributed by atoms with E-state index in [1.54, 1.807) is 0 Å². The molecule has 1 fully saturated rings. The summed E-state index contributed by atoms with van der Waals surface area (Å²) in [5, 5.41) is 3.00. The molecule has 1 aromatic carbocycles. The van der Waals surface area contributed by atoms with Crippen LogP contribution in [0.5, 0.6) is 5.75 Å². The molecular weight excluding hydrogens is 338 g/mol. The van der Waals surface area contributed by atoms with Gasteiger partial charge in [0, 0.05) is 6.04 Å². The van der Waals surface area contributed by atoms with Crippen molar-refractivity contribution in [2.45, 2.75) is 30.9 Å². The fourth-order valence-corrected chi connectivity index (χ4v) is 3.99. The van der Waals surface area contributed by atoms with Crippen LogP contribution in [0.3, 0.4) is 0 Å². The Morgan fingerprint density at radius 2 is 2.18 bits per heavy atom. The first kappa shape index (κ1) is 17.4. The van der Waals surface area contributed by atoms with Crippen LogP contribution in [0.25, 0.3) is 0 Å². The maximum Gasteiger partial charge on any atom is 0.387 e. The number of piperidine rings is 1. The van der Waals surface area contributed by atoms with Crippen molar-refractivity contribution in [2.75, 3.05) is 13.1 Å². The molecule has 1 heterocycles. The highest BCUT2D eigenvalue weighted by Gasteiger charge is 2.27. The number of halogens is 3. The van der Waals surface area contributed by atoms with Gasteiger partial charge in [-0.05, 0) is 43.6 Å². The zero-order valence-electron chi connectivity index (χ0n) is 11.9. The molecule has 1 aromatic rings. The molecule has 0 bridgehead atoms. The minimum atomic E-state index is -3.77. The van der Waals surface area contributed by atoms with Crippen LogP contribution < -0.4 is 14.8 Å². The average molecular weight is 355 g/mol. The number of ether oxygens (including phenoxy) is 1. The van der Waals surface area contributed by atoms with Crippen molar-refractivity contribution in [2.24, 2.45) is 5.92 Å². The van der Waals surface area contributed by atoms with Gasteiger partial charge in [-0.2, -0.15) is 8.78 Å². The Balaban J connectivity index is 2.17. The van der Waals surface area contributed by atoms with Crippen LogP contribution in [0.4, 0.5) is 8.78 Å². The van der Waals surface area contributed by atoms with Gasteiger partial charge < -0.3 is 10.1 Å². The lowest BCUT2D eigenvalue weighted by Gasteiger charge is -2.30. The fraction of sp³-hybridized carbons (Fsp3) is 0.538. The highest BCUT2D eigenvalue weighted by molar-refractivity contribution is 7.89. The van der Waals surface area contributed by atoms with Crippen molar-refractivity contribution >= 4 is 21.6 Å². The van der Waals surface area contributed by atoms with E-state index >= 15 is 0 Å². The average Bonchev–Trinajstić information content (AvgIpc) is 2.43. The molecule has 5 nitrogen and oxygen atoms in total. The molecule has 0 spiro atoms. The molecule has 1 aliphatic rings. The molecule has 0 amide bonds. The first-order chi connectivity index (χ1) is 10.3. The zero-order valence-corrected chi connectivity index (χ0v) is 13.4. The third kappa shape index (κ3) is 4.28. The monoisotopic (exact) mass is 354 g/mol. The van der Waals surface area contributed by atoms with Gasteiger partial charge >= 0.3 is 6.61 Å². The van der Waals surface area contributed by atoms with E-state index in [9.17, 15) is 17.2 Å². The van der Waals surface area contributed by atoms with E-state index in [4.69, 9.17) is 11.6 Å². The second-order valence-corrected chi connectivity index (χ2v) is 7.29. The molecule has 124 valence electrons. The van der Waals surface area contributed by atoms with Crippen LogP contribution >= 0.6 is 11.6 Å². The lowest BCUT2D eigenvalue weighted by Crippen LogP contribution is -2.48. The van der Waals surface area contributed by atoms with Crippen molar-refractivity contribution in [1.82, 2.24) is 10.0 Å². The number of hydrogen-bond donors (Lipinski definition) is 2. The molecule has 2 N–H and O–H groups in total.